The SMILES string of the molecule is CCCCC/C=C\C/C=C\CCCCCCCC(=O)OCC(COC(=O)CCCCCCCCCCCCCCCCCCCCCCC)OC(=O)CCCCCCCCC/C=C\CCCCCCCCC. The first kappa shape index (κ1) is 69.6. The van der Waals surface area contributed by atoms with Crippen LogP contribution in [0, 0.1) is 0 Å². The molecule has 0 rings (SSSR count). The fourth-order valence-electron chi connectivity index (χ4n) is 9.53. The van der Waals surface area contributed by atoms with Gasteiger partial charge in [-0.3, -0.25) is 14.4 Å². The Balaban J connectivity index is 4.32. The molecule has 72 heavy (non-hydrogen) atoms. The zero-order valence-electron chi connectivity index (χ0n) is 48.5. The van der Waals surface area contributed by atoms with Gasteiger partial charge in [0.1, 0.15) is 13.2 Å². The highest BCUT2D eigenvalue weighted by Crippen LogP contribution is 2.17. The fraction of sp³-hybridized carbons (Fsp3) is 0.864. The summed E-state index contributed by atoms with van der Waals surface area (Å²) in [6.07, 6.45) is 74.3. The van der Waals surface area contributed by atoms with Crippen molar-refractivity contribution in [3.05, 3.63) is 36.5 Å². The third-order valence-corrected chi connectivity index (χ3v) is 14.4. The molecular formula is C66H122O6. The number of hydrogen-bond donors (Lipinski definition) is 0. The van der Waals surface area contributed by atoms with E-state index in [-0.39, 0.29) is 31.1 Å². The van der Waals surface area contributed by atoms with E-state index in [9.17, 15) is 14.4 Å². The van der Waals surface area contributed by atoms with Gasteiger partial charge in [-0.15, -0.1) is 0 Å². The lowest BCUT2D eigenvalue weighted by atomic mass is 10.0. The summed E-state index contributed by atoms with van der Waals surface area (Å²) < 4.78 is 16.9. The van der Waals surface area contributed by atoms with Gasteiger partial charge in [0.05, 0.1) is 0 Å². The van der Waals surface area contributed by atoms with Gasteiger partial charge in [0.25, 0.3) is 0 Å². The Labute approximate surface area is 448 Å². The Hall–Kier alpha value is -2.37. The molecule has 0 radical (unpaired) electrons. The van der Waals surface area contributed by atoms with Crippen molar-refractivity contribution in [1.82, 2.24) is 0 Å². The highest BCUT2D eigenvalue weighted by molar-refractivity contribution is 5.71. The van der Waals surface area contributed by atoms with E-state index in [1.165, 1.54) is 231 Å². The molecule has 0 aliphatic carbocycles. The van der Waals surface area contributed by atoms with Gasteiger partial charge in [0.2, 0.25) is 0 Å². The van der Waals surface area contributed by atoms with Gasteiger partial charge < -0.3 is 14.2 Å². The van der Waals surface area contributed by atoms with Crippen molar-refractivity contribution in [2.45, 2.75) is 354 Å². The van der Waals surface area contributed by atoms with Crippen LogP contribution in [-0.4, -0.2) is 37.2 Å². The van der Waals surface area contributed by atoms with E-state index in [1.807, 2.05) is 0 Å². The predicted octanol–water partition coefficient (Wildman–Crippen LogP) is 21.6. The van der Waals surface area contributed by atoms with E-state index < -0.39 is 6.10 Å². The Morgan fingerprint density at radius 3 is 0.806 bits per heavy atom. The van der Waals surface area contributed by atoms with Crippen LogP contribution in [0.4, 0.5) is 0 Å². The monoisotopic (exact) mass is 1010 g/mol. The quantitative estimate of drug-likeness (QED) is 0.0261. The van der Waals surface area contributed by atoms with Crippen LogP contribution >= 0.6 is 0 Å². The maximum atomic E-state index is 12.9. The molecular weight excluding hydrogens is 889 g/mol. The second-order valence-electron chi connectivity index (χ2n) is 21.7. The van der Waals surface area contributed by atoms with Crippen molar-refractivity contribution in [3.63, 3.8) is 0 Å². The van der Waals surface area contributed by atoms with Crippen LogP contribution in [-0.2, 0) is 28.6 Å². The minimum Gasteiger partial charge on any atom is -0.462 e. The zero-order chi connectivity index (χ0) is 52.2. The van der Waals surface area contributed by atoms with Crippen LogP contribution in [0.3, 0.4) is 0 Å². The van der Waals surface area contributed by atoms with Crippen molar-refractivity contribution in [1.29, 1.82) is 0 Å². The molecule has 0 spiro atoms. The Kier molecular flexibility index (Phi) is 59.2. The molecule has 0 saturated heterocycles. The van der Waals surface area contributed by atoms with Crippen LogP contribution in [0.5, 0.6) is 0 Å². The van der Waals surface area contributed by atoms with Gasteiger partial charge in [-0.05, 0) is 77.0 Å². The van der Waals surface area contributed by atoms with Crippen molar-refractivity contribution in [3.8, 4) is 0 Å². The topological polar surface area (TPSA) is 78.9 Å². The summed E-state index contributed by atoms with van der Waals surface area (Å²) in [5.41, 5.74) is 0. The first-order valence-corrected chi connectivity index (χ1v) is 32.0. The third-order valence-electron chi connectivity index (χ3n) is 14.4. The molecule has 0 aliphatic rings. The minimum absolute atomic E-state index is 0.0743. The molecule has 0 N–H and O–H groups in total. The maximum absolute atomic E-state index is 12.9. The van der Waals surface area contributed by atoms with Crippen LogP contribution in [0.1, 0.15) is 348 Å². The summed E-state index contributed by atoms with van der Waals surface area (Å²) >= 11 is 0. The van der Waals surface area contributed by atoms with Crippen LogP contribution in [0.25, 0.3) is 0 Å². The van der Waals surface area contributed by atoms with E-state index in [4.69, 9.17) is 14.2 Å². The summed E-state index contributed by atoms with van der Waals surface area (Å²) in [6, 6.07) is 0. The number of esters is 3. The smallest absolute Gasteiger partial charge is 0.306 e. The molecule has 1 unspecified atom stereocenters. The molecule has 6 nitrogen and oxygen atoms in total. The van der Waals surface area contributed by atoms with E-state index in [0.29, 0.717) is 19.3 Å². The lowest BCUT2D eigenvalue weighted by Crippen LogP contribution is -2.30. The summed E-state index contributed by atoms with van der Waals surface area (Å²) in [4.78, 5) is 38.3. The molecule has 0 aliphatic heterocycles. The molecule has 1 atom stereocenters. The number of hydrogen-bond acceptors (Lipinski definition) is 6. The number of ether oxygens (including phenoxy) is 3. The Bertz CT molecular complexity index is 1210. The van der Waals surface area contributed by atoms with Gasteiger partial charge >= 0.3 is 17.9 Å². The average molecular weight is 1010 g/mol. The second kappa shape index (κ2) is 61.2. The molecule has 0 heterocycles. The van der Waals surface area contributed by atoms with Crippen molar-refractivity contribution in [2.24, 2.45) is 0 Å². The molecule has 0 aromatic rings. The number of carbonyl (C=O) groups is 3. The number of allylic oxidation sites excluding steroid dienone is 6. The van der Waals surface area contributed by atoms with E-state index in [2.05, 4.69) is 57.2 Å². The fourth-order valence-corrected chi connectivity index (χ4v) is 9.53. The van der Waals surface area contributed by atoms with Gasteiger partial charge in [0.15, 0.2) is 6.10 Å². The maximum Gasteiger partial charge on any atom is 0.306 e. The van der Waals surface area contributed by atoms with Crippen molar-refractivity contribution in [2.75, 3.05) is 13.2 Å². The van der Waals surface area contributed by atoms with E-state index >= 15 is 0 Å². The molecule has 0 fully saturated rings. The highest BCUT2D eigenvalue weighted by atomic mass is 16.6. The molecule has 0 aromatic heterocycles. The summed E-state index contributed by atoms with van der Waals surface area (Å²) in [7, 11) is 0. The number of carbonyl (C=O) groups excluding carboxylic acids is 3. The summed E-state index contributed by atoms with van der Waals surface area (Å²) in [6.45, 7) is 6.66. The first-order chi connectivity index (χ1) is 35.5. The molecule has 0 aromatic carbocycles. The lowest BCUT2D eigenvalue weighted by molar-refractivity contribution is -0.167. The average Bonchev–Trinajstić information content (AvgIpc) is 3.38. The standard InChI is InChI=1S/C66H122O6/c1-4-7-10-13-16-19-22-25-28-30-32-33-34-36-38-41-44-47-50-53-56-59-65(68)71-62-63(61-70-64(67)58-55-52-49-46-43-40-37-27-24-21-18-15-12-9-6-3)72-66(69)60-57-54-51-48-45-42-39-35-31-29-26-23-20-17-14-11-8-5-2/h18,21,27,29,31,37,63H,4-17,19-20,22-26,28,30,32-36,38-62H2,1-3H3/b21-18-,31-29-,37-27-. The molecule has 422 valence electrons. The van der Waals surface area contributed by atoms with Gasteiger partial charge in [0, 0.05) is 19.3 Å². The van der Waals surface area contributed by atoms with E-state index in [1.54, 1.807) is 0 Å². The van der Waals surface area contributed by atoms with Gasteiger partial charge in [-0.25, -0.2) is 0 Å². The Morgan fingerprint density at radius 2 is 0.500 bits per heavy atom. The molecule has 0 amide bonds. The van der Waals surface area contributed by atoms with Gasteiger partial charge in [-0.2, -0.15) is 0 Å². The van der Waals surface area contributed by atoms with Gasteiger partial charge in [-0.1, -0.05) is 288 Å². The minimum atomic E-state index is -0.778. The largest absolute Gasteiger partial charge is 0.462 e. The first-order valence-electron chi connectivity index (χ1n) is 32.0. The van der Waals surface area contributed by atoms with Crippen LogP contribution < -0.4 is 0 Å². The van der Waals surface area contributed by atoms with Crippen molar-refractivity contribution >= 4 is 17.9 Å². The molecule has 0 bridgehead atoms. The molecule has 6 heteroatoms. The zero-order valence-corrected chi connectivity index (χ0v) is 48.5. The second-order valence-corrected chi connectivity index (χ2v) is 21.7. The lowest BCUT2D eigenvalue weighted by Gasteiger charge is -2.18. The summed E-state index contributed by atoms with van der Waals surface area (Å²) in [5.74, 6) is -0.870. The normalized spacial score (nSPS) is 12.2. The summed E-state index contributed by atoms with van der Waals surface area (Å²) in [5, 5.41) is 0. The number of unbranched alkanes of at least 4 members (excludes halogenated alkanes) is 42. The molecule has 0 saturated carbocycles. The number of rotatable bonds is 59. The van der Waals surface area contributed by atoms with Crippen LogP contribution in [0.2, 0.25) is 0 Å². The Morgan fingerprint density at radius 1 is 0.278 bits per heavy atom. The third kappa shape index (κ3) is 58.5. The van der Waals surface area contributed by atoms with Crippen molar-refractivity contribution < 1.29 is 28.6 Å². The predicted molar refractivity (Wildman–Crippen MR) is 312 cm³/mol. The highest BCUT2D eigenvalue weighted by Gasteiger charge is 2.19. The van der Waals surface area contributed by atoms with Crippen LogP contribution in [0.15, 0.2) is 36.5 Å². The van der Waals surface area contributed by atoms with E-state index in [0.717, 1.165) is 77.0 Å².